The lowest BCUT2D eigenvalue weighted by molar-refractivity contribution is -0.126. The molecule has 1 N–H and O–H groups in total. The molecule has 116 valence electrons. The molecule has 0 bridgehead atoms. The maximum Gasteiger partial charge on any atom is 0.223 e. The Kier molecular flexibility index (Phi) is 5.47. The molecule has 5 heteroatoms. The molecule has 2 fully saturated rings. The number of unbranched alkanes of at least 4 members (excludes halogenated alkanes) is 1. The summed E-state index contributed by atoms with van der Waals surface area (Å²) in [5.74, 6) is 1.34. The smallest absolute Gasteiger partial charge is 0.223 e. The normalized spacial score (nSPS) is 33.0. The predicted octanol–water partition coefficient (Wildman–Crippen LogP) is 2.29. The Hall–Kier alpha value is -0.580. The van der Waals surface area contributed by atoms with E-state index in [4.69, 9.17) is 0 Å². The first-order chi connectivity index (χ1) is 9.50. The van der Waals surface area contributed by atoms with Gasteiger partial charge in [-0.25, -0.2) is 8.42 Å². The highest BCUT2D eigenvalue weighted by Gasteiger charge is 2.32. The van der Waals surface area contributed by atoms with Crippen LogP contribution in [0.2, 0.25) is 0 Å². The Morgan fingerprint density at radius 2 is 1.85 bits per heavy atom. The monoisotopic (exact) mass is 301 g/mol. The van der Waals surface area contributed by atoms with Gasteiger partial charge in [-0.3, -0.25) is 4.79 Å². The largest absolute Gasteiger partial charge is 0.352 e. The standard InChI is InChI=1S/C15H27NO3S/c1-2-3-4-12-5-7-13(8-6-12)15(17)16-14-9-10-20(18,19)11-14/h12-14H,2-11H2,1H3,(H,16,17)/t12?,13?,14-/m1/s1. The van der Waals surface area contributed by atoms with E-state index in [0.29, 0.717) is 6.42 Å². The number of sulfone groups is 1. The molecule has 4 nitrogen and oxygen atoms in total. The zero-order valence-electron chi connectivity index (χ0n) is 12.4. The third kappa shape index (κ3) is 4.47. The molecule has 0 spiro atoms. The minimum atomic E-state index is -2.91. The fourth-order valence-corrected chi connectivity index (χ4v) is 5.11. The molecule has 1 heterocycles. The summed E-state index contributed by atoms with van der Waals surface area (Å²) in [6.07, 6.45) is 8.67. The number of hydrogen-bond donors (Lipinski definition) is 1. The number of carbonyl (C=O) groups excluding carboxylic acids is 1. The van der Waals surface area contributed by atoms with Crippen LogP contribution in [0.1, 0.15) is 58.3 Å². The number of amides is 1. The minimum absolute atomic E-state index is 0.0843. The molecule has 1 saturated carbocycles. The van der Waals surface area contributed by atoms with Crippen molar-refractivity contribution >= 4 is 15.7 Å². The van der Waals surface area contributed by atoms with Gasteiger partial charge >= 0.3 is 0 Å². The predicted molar refractivity (Wildman–Crippen MR) is 80.2 cm³/mol. The molecular weight excluding hydrogens is 274 g/mol. The van der Waals surface area contributed by atoms with Crippen molar-refractivity contribution in [3.05, 3.63) is 0 Å². The van der Waals surface area contributed by atoms with Gasteiger partial charge in [0.1, 0.15) is 0 Å². The molecular formula is C15H27NO3S. The molecule has 1 atom stereocenters. The van der Waals surface area contributed by atoms with E-state index in [2.05, 4.69) is 12.2 Å². The minimum Gasteiger partial charge on any atom is -0.352 e. The van der Waals surface area contributed by atoms with E-state index in [1.807, 2.05) is 0 Å². The maximum atomic E-state index is 12.2. The Morgan fingerprint density at radius 1 is 1.15 bits per heavy atom. The number of hydrogen-bond acceptors (Lipinski definition) is 3. The number of carbonyl (C=O) groups is 1. The summed E-state index contributed by atoms with van der Waals surface area (Å²) in [5.41, 5.74) is 0. The van der Waals surface area contributed by atoms with E-state index in [9.17, 15) is 13.2 Å². The van der Waals surface area contributed by atoms with E-state index < -0.39 is 9.84 Å². The topological polar surface area (TPSA) is 63.2 Å². The lowest BCUT2D eigenvalue weighted by atomic mass is 9.79. The van der Waals surface area contributed by atoms with E-state index >= 15 is 0 Å². The first-order valence-electron chi connectivity index (χ1n) is 8.01. The lowest BCUT2D eigenvalue weighted by Gasteiger charge is -2.28. The van der Waals surface area contributed by atoms with Crippen molar-refractivity contribution < 1.29 is 13.2 Å². The quantitative estimate of drug-likeness (QED) is 0.847. The van der Waals surface area contributed by atoms with Crippen molar-refractivity contribution in [1.29, 1.82) is 0 Å². The van der Waals surface area contributed by atoms with E-state index in [0.717, 1.165) is 31.6 Å². The number of rotatable bonds is 5. The summed E-state index contributed by atoms with van der Waals surface area (Å²) in [5, 5.41) is 2.94. The van der Waals surface area contributed by atoms with Crippen LogP contribution < -0.4 is 5.32 Å². The van der Waals surface area contributed by atoms with Crippen LogP contribution in [0.25, 0.3) is 0 Å². The third-order valence-electron chi connectivity index (χ3n) is 4.76. The van der Waals surface area contributed by atoms with E-state index in [1.54, 1.807) is 0 Å². The van der Waals surface area contributed by atoms with Gasteiger partial charge in [0, 0.05) is 12.0 Å². The molecule has 1 amide bonds. The fraction of sp³-hybridized carbons (Fsp3) is 0.933. The third-order valence-corrected chi connectivity index (χ3v) is 6.53. The Bertz CT molecular complexity index is 424. The van der Waals surface area contributed by atoms with Crippen molar-refractivity contribution in [2.45, 2.75) is 64.3 Å². The summed E-state index contributed by atoms with van der Waals surface area (Å²) >= 11 is 0. The first kappa shape index (κ1) is 15.8. The zero-order chi connectivity index (χ0) is 14.6. The molecule has 0 aromatic rings. The molecule has 1 aliphatic heterocycles. The maximum absolute atomic E-state index is 12.2. The molecule has 1 aliphatic carbocycles. The van der Waals surface area contributed by atoms with Crippen molar-refractivity contribution in [2.75, 3.05) is 11.5 Å². The second-order valence-corrected chi connectivity index (χ2v) is 8.70. The highest BCUT2D eigenvalue weighted by molar-refractivity contribution is 7.91. The van der Waals surface area contributed by atoms with Crippen LogP contribution in [-0.2, 0) is 14.6 Å². The van der Waals surface area contributed by atoms with Gasteiger partial charge in [0.25, 0.3) is 0 Å². The molecule has 0 aromatic carbocycles. The molecule has 0 radical (unpaired) electrons. The zero-order valence-corrected chi connectivity index (χ0v) is 13.3. The van der Waals surface area contributed by atoms with Gasteiger partial charge in [-0.1, -0.05) is 26.2 Å². The van der Waals surface area contributed by atoms with Crippen LogP contribution in [0, 0.1) is 11.8 Å². The molecule has 2 rings (SSSR count). The summed E-state index contributed by atoms with van der Waals surface area (Å²) in [6, 6.07) is -0.148. The number of nitrogens with one attached hydrogen (secondary N) is 1. The summed E-state index contributed by atoms with van der Waals surface area (Å²) in [4.78, 5) is 12.2. The van der Waals surface area contributed by atoms with Gasteiger partial charge in [-0.2, -0.15) is 0 Å². The van der Waals surface area contributed by atoms with E-state index in [1.165, 1.54) is 19.3 Å². The Labute approximate surface area is 122 Å². The van der Waals surface area contributed by atoms with Crippen LogP contribution in [0.3, 0.4) is 0 Å². The van der Waals surface area contributed by atoms with Gasteiger partial charge in [0.2, 0.25) is 5.91 Å². The lowest BCUT2D eigenvalue weighted by Crippen LogP contribution is -2.40. The van der Waals surface area contributed by atoms with Gasteiger partial charge < -0.3 is 5.32 Å². The van der Waals surface area contributed by atoms with Gasteiger partial charge in [-0.05, 0) is 38.0 Å². The van der Waals surface area contributed by atoms with Crippen molar-refractivity contribution in [3.63, 3.8) is 0 Å². The van der Waals surface area contributed by atoms with Crippen molar-refractivity contribution in [2.24, 2.45) is 11.8 Å². The highest BCUT2D eigenvalue weighted by Crippen LogP contribution is 2.32. The molecule has 20 heavy (non-hydrogen) atoms. The van der Waals surface area contributed by atoms with Crippen LogP contribution >= 0.6 is 0 Å². The van der Waals surface area contributed by atoms with Crippen LogP contribution in [0.4, 0.5) is 0 Å². The summed E-state index contributed by atoms with van der Waals surface area (Å²) in [7, 11) is -2.91. The van der Waals surface area contributed by atoms with Crippen molar-refractivity contribution in [3.8, 4) is 0 Å². The van der Waals surface area contributed by atoms with Gasteiger partial charge in [-0.15, -0.1) is 0 Å². The van der Waals surface area contributed by atoms with Crippen LogP contribution in [-0.4, -0.2) is 31.9 Å². The van der Waals surface area contributed by atoms with E-state index in [-0.39, 0.29) is 29.4 Å². The summed E-state index contributed by atoms with van der Waals surface area (Å²) in [6.45, 7) is 2.22. The Morgan fingerprint density at radius 3 is 2.40 bits per heavy atom. The van der Waals surface area contributed by atoms with Crippen molar-refractivity contribution in [1.82, 2.24) is 5.32 Å². The molecule has 1 saturated heterocycles. The summed E-state index contributed by atoms with van der Waals surface area (Å²) < 4.78 is 22.8. The van der Waals surface area contributed by atoms with Crippen LogP contribution in [0.15, 0.2) is 0 Å². The first-order valence-corrected chi connectivity index (χ1v) is 9.83. The second-order valence-electron chi connectivity index (χ2n) is 6.47. The average molecular weight is 301 g/mol. The molecule has 2 aliphatic rings. The molecule has 0 unspecified atom stereocenters. The molecule has 0 aromatic heterocycles. The van der Waals surface area contributed by atoms with Crippen LogP contribution in [0.5, 0.6) is 0 Å². The Balaban J connectivity index is 1.72. The fourth-order valence-electron chi connectivity index (χ4n) is 3.43. The SMILES string of the molecule is CCCCC1CCC(C(=O)N[C@@H]2CCS(=O)(=O)C2)CC1. The highest BCUT2D eigenvalue weighted by atomic mass is 32.2. The van der Waals surface area contributed by atoms with Gasteiger partial charge in [0.05, 0.1) is 11.5 Å². The van der Waals surface area contributed by atoms with Gasteiger partial charge in [0.15, 0.2) is 9.84 Å². The second kappa shape index (κ2) is 6.92. The average Bonchev–Trinajstić information content (AvgIpc) is 2.76.